The average molecular weight is 363 g/mol. The van der Waals surface area contributed by atoms with Gasteiger partial charge in [-0.15, -0.1) is 11.3 Å². The summed E-state index contributed by atoms with van der Waals surface area (Å²) < 4.78 is 14.2. The van der Waals surface area contributed by atoms with E-state index in [1.807, 2.05) is 0 Å². The van der Waals surface area contributed by atoms with Crippen molar-refractivity contribution in [3.8, 4) is 0 Å². The SMILES string of the molecule is CC1CCc2c(sc(NC(=O)Cn3cc(F)ccc3=O)c2C(N)=O)C1. The monoisotopic (exact) mass is 363 g/mol. The number of aromatic nitrogens is 1. The van der Waals surface area contributed by atoms with Gasteiger partial charge in [-0.3, -0.25) is 14.4 Å². The summed E-state index contributed by atoms with van der Waals surface area (Å²) in [6.45, 7) is 1.80. The van der Waals surface area contributed by atoms with Gasteiger partial charge in [-0.25, -0.2) is 4.39 Å². The van der Waals surface area contributed by atoms with Crippen LogP contribution < -0.4 is 16.6 Å². The van der Waals surface area contributed by atoms with Crippen LogP contribution in [0.5, 0.6) is 0 Å². The van der Waals surface area contributed by atoms with Gasteiger partial charge in [-0.2, -0.15) is 0 Å². The van der Waals surface area contributed by atoms with Crippen LogP contribution in [-0.2, 0) is 24.2 Å². The van der Waals surface area contributed by atoms with Gasteiger partial charge in [0.15, 0.2) is 0 Å². The maximum Gasteiger partial charge on any atom is 0.251 e. The topological polar surface area (TPSA) is 94.2 Å². The Balaban J connectivity index is 1.85. The molecule has 3 N–H and O–H groups in total. The number of rotatable bonds is 4. The number of carbonyl (C=O) groups excluding carboxylic acids is 2. The minimum atomic E-state index is -0.606. The maximum absolute atomic E-state index is 13.2. The quantitative estimate of drug-likeness (QED) is 0.869. The number of pyridine rings is 1. The lowest BCUT2D eigenvalue weighted by Crippen LogP contribution is -2.27. The molecule has 3 rings (SSSR count). The van der Waals surface area contributed by atoms with Crippen LogP contribution in [0.4, 0.5) is 9.39 Å². The Morgan fingerprint density at radius 3 is 2.92 bits per heavy atom. The van der Waals surface area contributed by atoms with Crippen molar-refractivity contribution in [1.29, 1.82) is 0 Å². The Hall–Kier alpha value is -2.48. The van der Waals surface area contributed by atoms with Gasteiger partial charge in [0.25, 0.3) is 11.5 Å². The fourth-order valence-electron chi connectivity index (χ4n) is 3.05. The molecule has 8 heteroatoms. The van der Waals surface area contributed by atoms with Crippen molar-refractivity contribution in [2.24, 2.45) is 11.7 Å². The number of nitrogens with zero attached hydrogens (tertiary/aromatic N) is 1. The highest BCUT2D eigenvalue weighted by Gasteiger charge is 2.27. The lowest BCUT2D eigenvalue weighted by molar-refractivity contribution is -0.116. The number of hydrogen-bond donors (Lipinski definition) is 2. The molecule has 0 spiro atoms. The van der Waals surface area contributed by atoms with E-state index in [0.29, 0.717) is 16.5 Å². The smallest absolute Gasteiger partial charge is 0.251 e. The lowest BCUT2D eigenvalue weighted by Gasteiger charge is -2.18. The van der Waals surface area contributed by atoms with Crippen LogP contribution >= 0.6 is 11.3 Å². The van der Waals surface area contributed by atoms with Crippen LogP contribution in [-0.4, -0.2) is 16.4 Å². The van der Waals surface area contributed by atoms with Gasteiger partial charge in [0.1, 0.15) is 17.4 Å². The van der Waals surface area contributed by atoms with E-state index in [2.05, 4.69) is 12.2 Å². The zero-order chi connectivity index (χ0) is 18.1. The summed E-state index contributed by atoms with van der Waals surface area (Å²) in [6.07, 6.45) is 3.54. The molecular weight excluding hydrogens is 345 g/mol. The van der Waals surface area contributed by atoms with E-state index in [1.54, 1.807) is 0 Å². The maximum atomic E-state index is 13.2. The molecule has 1 atom stereocenters. The number of primary amides is 1. The van der Waals surface area contributed by atoms with E-state index < -0.39 is 23.2 Å². The highest BCUT2D eigenvalue weighted by atomic mass is 32.1. The second-order valence-electron chi connectivity index (χ2n) is 6.28. The molecule has 1 unspecified atom stereocenters. The number of nitrogens with one attached hydrogen (secondary N) is 1. The molecule has 0 bridgehead atoms. The predicted molar refractivity (Wildman–Crippen MR) is 93.3 cm³/mol. The van der Waals surface area contributed by atoms with Gasteiger partial charge in [0.05, 0.1) is 5.56 Å². The summed E-state index contributed by atoms with van der Waals surface area (Å²) in [5.74, 6) is -1.18. The summed E-state index contributed by atoms with van der Waals surface area (Å²) in [7, 11) is 0. The molecule has 2 aromatic heterocycles. The second-order valence-corrected chi connectivity index (χ2v) is 7.39. The van der Waals surface area contributed by atoms with Gasteiger partial charge in [0, 0.05) is 17.1 Å². The molecule has 0 fully saturated rings. The minimum absolute atomic E-state index is 0.340. The third-order valence-electron chi connectivity index (χ3n) is 4.27. The molecule has 2 aromatic rings. The van der Waals surface area contributed by atoms with Gasteiger partial charge in [-0.1, -0.05) is 6.92 Å². The first kappa shape index (κ1) is 17.3. The summed E-state index contributed by atoms with van der Waals surface area (Å²) >= 11 is 1.35. The number of anilines is 1. The lowest BCUT2D eigenvalue weighted by atomic mass is 9.88. The van der Waals surface area contributed by atoms with Gasteiger partial charge in [-0.05, 0) is 36.8 Å². The number of hydrogen-bond acceptors (Lipinski definition) is 4. The third-order valence-corrected chi connectivity index (χ3v) is 5.44. The number of carbonyl (C=O) groups is 2. The van der Waals surface area contributed by atoms with Crippen molar-refractivity contribution in [2.45, 2.75) is 32.7 Å². The van der Waals surface area contributed by atoms with E-state index in [0.717, 1.165) is 52.6 Å². The van der Waals surface area contributed by atoms with Crippen LogP contribution in [0.25, 0.3) is 0 Å². The first-order valence-electron chi connectivity index (χ1n) is 7.95. The van der Waals surface area contributed by atoms with Crippen LogP contribution in [0.3, 0.4) is 0 Å². The van der Waals surface area contributed by atoms with Crippen molar-refractivity contribution in [3.63, 3.8) is 0 Å². The van der Waals surface area contributed by atoms with Crippen molar-refractivity contribution in [3.05, 3.63) is 50.5 Å². The van der Waals surface area contributed by atoms with Gasteiger partial charge < -0.3 is 15.6 Å². The van der Waals surface area contributed by atoms with Crippen molar-refractivity contribution < 1.29 is 14.0 Å². The summed E-state index contributed by atoms with van der Waals surface area (Å²) in [5, 5.41) is 3.06. The van der Waals surface area contributed by atoms with Gasteiger partial charge >= 0.3 is 0 Å². The van der Waals surface area contributed by atoms with Crippen LogP contribution in [0, 0.1) is 11.7 Å². The summed E-state index contributed by atoms with van der Waals surface area (Å²) in [6, 6.07) is 2.10. The number of halogens is 1. The molecule has 2 amide bonds. The third kappa shape index (κ3) is 3.63. The molecule has 0 aliphatic heterocycles. The molecule has 0 radical (unpaired) electrons. The largest absolute Gasteiger partial charge is 0.365 e. The first-order chi connectivity index (χ1) is 11.8. The van der Waals surface area contributed by atoms with E-state index in [4.69, 9.17) is 5.73 Å². The molecule has 1 aliphatic carbocycles. The van der Waals surface area contributed by atoms with Crippen molar-refractivity contribution in [2.75, 3.05) is 5.32 Å². The number of amides is 2. The van der Waals surface area contributed by atoms with E-state index in [1.165, 1.54) is 11.3 Å². The summed E-state index contributed by atoms with van der Waals surface area (Å²) in [5.41, 5.74) is 6.29. The highest BCUT2D eigenvalue weighted by Crippen LogP contribution is 2.39. The molecule has 6 nitrogen and oxygen atoms in total. The highest BCUT2D eigenvalue weighted by molar-refractivity contribution is 7.17. The van der Waals surface area contributed by atoms with Crippen molar-refractivity contribution >= 4 is 28.2 Å². The van der Waals surface area contributed by atoms with Crippen molar-refractivity contribution in [1.82, 2.24) is 4.57 Å². The Bertz CT molecular complexity index is 903. The first-order valence-corrected chi connectivity index (χ1v) is 8.77. The molecule has 0 aromatic carbocycles. The zero-order valence-corrected chi connectivity index (χ0v) is 14.5. The molecule has 1 aliphatic rings. The Morgan fingerprint density at radius 1 is 1.44 bits per heavy atom. The molecule has 2 heterocycles. The number of nitrogens with two attached hydrogens (primary N) is 1. The minimum Gasteiger partial charge on any atom is -0.365 e. The fraction of sp³-hybridized carbons (Fsp3) is 0.353. The normalized spacial score (nSPS) is 16.3. The molecule has 0 saturated carbocycles. The van der Waals surface area contributed by atoms with Crippen LogP contribution in [0.15, 0.2) is 23.1 Å². The number of thiophene rings is 1. The number of fused-ring (bicyclic) bond motifs is 1. The molecule has 25 heavy (non-hydrogen) atoms. The van der Waals surface area contributed by atoms with E-state index in [-0.39, 0.29) is 6.54 Å². The van der Waals surface area contributed by atoms with Crippen LogP contribution in [0.1, 0.15) is 34.1 Å². The Kier molecular flexibility index (Phi) is 4.71. The second kappa shape index (κ2) is 6.79. The Morgan fingerprint density at radius 2 is 2.20 bits per heavy atom. The average Bonchev–Trinajstić information content (AvgIpc) is 2.87. The van der Waals surface area contributed by atoms with Gasteiger partial charge in [0.2, 0.25) is 5.91 Å². The predicted octanol–water partition coefficient (Wildman–Crippen LogP) is 1.91. The Labute approximate surface area is 147 Å². The van der Waals surface area contributed by atoms with Crippen LogP contribution in [0.2, 0.25) is 0 Å². The summed E-state index contributed by atoms with van der Waals surface area (Å²) in [4.78, 5) is 36.8. The van der Waals surface area contributed by atoms with E-state index in [9.17, 15) is 18.8 Å². The fourth-order valence-corrected chi connectivity index (χ4v) is 4.48. The molecule has 132 valence electrons. The van der Waals surface area contributed by atoms with E-state index >= 15 is 0 Å². The zero-order valence-electron chi connectivity index (χ0n) is 13.7. The molecular formula is C17H18FN3O3S. The molecule has 0 saturated heterocycles. The standard InChI is InChI=1S/C17H18FN3O3S/c1-9-2-4-11-12(6-9)25-17(15(11)16(19)24)20-13(22)8-21-7-10(18)3-5-14(21)23/h3,5,7,9H,2,4,6,8H2,1H3,(H2,19,24)(H,20,22).